The van der Waals surface area contributed by atoms with E-state index in [0.717, 1.165) is 5.56 Å². The number of aryl methyl sites for hydroxylation is 1. The Hall–Kier alpha value is -3.43. The average Bonchev–Trinajstić information content (AvgIpc) is 2.85. The summed E-state index contributed by atoms with van der Waals surface area (Å²) in [5, 5.41) is 2.79. The van der Waals surface area contributed by atoms with E-state index in [2.05, 4.69) is 10.3 Å². The second-order valence-electron chi connectivity index (χ2n) is 7.77. The lowest BCUT2D eigenvalue weighted by atomic mass is 10.1. The van der Waals surface area contributed by atoms with Crippen LogP contribution in [0.5, 0.6) is 11.5 Å². The van der Waals surface area contributed by atoms with Crippen LogP contribution in [0.1, 0.15) is 42.3 Å². The van der Waals surface area contributed by atoms with Gasteiger partial charge in [0.15, 0.2) is 11.5 Å². The second kappa shape index (κ2) is 11.8. The molecule has 0 unspecified atom stereocenters. The first kappa shape index (κ1) is 26.2. The van der Waals surface area contributed by atoms with E-state index in [1.54, 1.807) is 63.5 Å². The van der Waals surface area contributed by atoms with E-state index in [1.807, 2.05) is 19.1 Å². The van der Waals surface area contributed by atoms with Gasteiger partial charge in [0, 0.05) is 42.3 Å². The van der Waals surface area contributed by atoms with Crippen molar-refractivity contribution < 1.29 is 22.7 Å². The Labute approximate surface area is 207 Å². The smallest absolute Gasteiger partial charge is 0.255 e. The van der Waals surface area contributed by atoms with Crippen molar-refractivity contribution in [2.24, 2.45) is 0 Å². The highest BCUT2D eigenvalue weighted by atomic mass is 32.2. The molecule has 0 saturated heterocycles. The van der Waals surface area contributed by atoms with Crippen LogP contribution < -0.4 is 14.8 Å². The molecule has 35 heavy (non-hydrogen) atoms. The van der Waals surface area contributed by atoms with E-state index < -0.39 is 10.0 Å². The van der Waals surface area contributed by atoms with Gasteiger partial charge in [-0.3, -0.25) is 9.78 Å². The summed E-state index contributed by atoms with van der Waals surface area (Å²) >= 11 is 0. The van der Waals surface area contributed by atoms with Gasteiger partial charge in [-0.05, 0) is 55.8 Å². The first-order valence-corrected chi connectivity index (χ1v) is 12.9. The number of ether oxygens (including phenoxy) is 2. The Morgan fingerprint density at radius 2 is 1.77 bits per heavy atom. The lowest BCUT2D eigenvalue weighted by Crippen LogP contribution is -2.31. The molecule has 0 aliphatic carbocycles. The lowest BCUT2D eigenvalue weighted by molar-refractivity contribution is 0.102. The van der Waals surface area contributed by atoms with Crippen LogP contribution in [0, 0.1) is 6.92 Å². The molecule has 8 nitrogen and oxygen atoms in total. The van der Waals surface area contributed by atoms with E-state index in [0.29, 0.717) is 54.6 Å². The van der Waals surface area contributed by atoms with Crippen molar-refractivity contribution in [3.63, 3.8) is 0 Å². The van der Waals surface area contributed by atoms with Crippen molar-refractivity contribution in [3.8, 4) is 11.5 Å². The number of aromatic nitrogens is 1. The fourth-order valence-corrected chi connectivity index (χ4v) is 5.25. The fraction of sp³-hybridized carbons (Fsp3) is 0.308. The van der Waals surface area contributed by atoms with Crippen LogP contribution in [0.15, 0.2) is 65.8 Å². The maximum absolute atomic E-state index is 13.0. The van der Waals surface area contributed by atoms with Crippen LogP contribution in [0.4, 0.5) is 5.69 Å². The van der Waals surface area contributed by atoms with Gasteiger partial charge in [-0.25, -0.2) is 8.42 Å². The van der Waals surface area contributed by atoms with Crippen molar-refractivity contribution in [2.45, 2.75) is 39.2 Å². The predicted molar refractivity (Wildman–Crippen MR) is 135 cm³/mol. The molecule has 1 amide bonds. The third kappa shape index (κ3) is 6.37. The molecule has 0 aliphatic rings. The van der Waals surface area contributed by atoms with Crippen molar-refractivity contribution in [2.75, 3.05) is 25.0 Å². The van der Waals surface area contributed by atoms with E-state index >= 15 is 0 Å². The zero-order valence-electron chi connectivity index (χ0n) is 20.4. The molecule has 186 valence electrons. The Bertz CT molecular complexity index is 1260. The first-order chi connectivity index (χ1) is 16.8. The van der Waals surface area contributed by atoms with Gasteiger partial charge >= 0.3 is 0 Å². The molecular weight excluding hydrogens is 466 g/mol. The van der Waals surface area contributed by atoms with E-state index in [4.69, 9.17) is 9.47 Å². The summed E-state index contributed by atoms with van der Waals surface area (Å²) in [5.41, 5.74) is 2.27. The van der Waals surface area contributed by atoms with Crippen LogP contribution in [0.25, 0.3) is 0 Å². The van der Waals surface area contributed by atoms with Crippen molar-refractivity contribution in [3.05, 3.63) is 77.6 Å². The highest BCUT2D eigenvalue weighted by Crippen LogP contribution is 2.30. The summed E-state index contributed by atoms with van der Waals surface area (Å²) in [6.07, 6.45) is 3.41. The van der Waals surface area contributed by atoms with Gasteiger partial charge < -0.3 is 14.8 Å². The van der Waals surface area contributed by atoms with Gasteiger partial charge in [-0.15, -0.1) is 0 Å². The molecule has 9 heteroatoms. The fourth-order valence-electron chi connectivity index (χ4n) is 3.54. The average molecular weight is 498 g/mol. The molecular formula is C26H31N3O5S. The summed E-state index contributed by atoms with van der Waals surface area (Å²) < 4.78 is 39.0. The number of anilines is 1. The van der Waals surface area contributed by atoms with Gasteiger partial charge in [0.05, 0.1) is 11.5 Å². The predicted octanol–water partition coefficient (Wildman–Crippen LogP) is 4.65. The Kier molecular flexibility index (Phi) is 8.84. The van der Waals surface area contributed by atoms with Crippen LogP contribution in [-0.2, 0) is 16.6 Å². The Morgan fingerprint density at radius 3 is 2.43 bits per heavy atom. The van der Waals surface area contributed by atoms with Crippen LogP contribution in [0.2, 0.25) is 0 Å². The molecule has 0 aliphatic heterocycles. The second-order valence-corrected chi connectivity index (χ2v) is 9.67. The Balaban J connectivity index is 1.81. The number of pyridine rings is 1. The van der Waals surface area contributed by atoms with Gasteiger partial charge in [0.2, 0.25) is 10.0 Å². The summed E-state index contributed by atoms with van der Waals surface area (Å²) in [5.74, 6) is 0.563. The maximum atomic E-state index is 13.0. The quantitative estimate of drug-likeness (QED) is 0.414. The molecule has 0 bridgehead atoms. The van der Waals surface area contributed by atoms with Crippen molar-refractivity contribution in [1.29, 1.82) is 0 Å². The number of carbonyl (C=O) groups is 1. The van der Waals surface area contributed by atoms with Gasteiger partial charge in [-0.1, -0.05) is 26.0 Å². The largest absolute Gasteiger partial charge is 0.490 e. The maximum Gasteiger partial charge on any atom is 0.255 e. The van der Waals surface area contributed by atoms with Crippen LogP contribution >= 0.6 is 0 Å². The molecule has 3 rings (SSSR count). The monoisotopic (exact) mass is 497 g/mol. The number of hydrogen-bond donors (Lipinski definition) is 1. The molecule has 0 fully saturated rings. The first-order valence-electron chi connectivity index (χ1n) is 11.5. The standard InChI is InChI=1S/C26H31N3O5S/c1-5-29(6-2)35(31,32)25-16-22(12-10-19(25)4)28-26(30)21-11-13-23(24(15-21)33-7-3)34-18-20-9-8-14-27-17-20/h8-17H,5-7,18H2,1-4H3,(H,28,30). The Morgan fingerprint density at radius 1 is 1.00 bits per heavy atom. The van der Waals surface area contributed by atoms with Crippen LogP contribution in [0.3, 0.4) is 0 Å². The number of hydrogen-bond acceptors (Lipinski definition) is 6. The molecule has 1 N–H and O–H groups in total. The topological polar surface area (TPSA) is 97.8 Å². The highest BCUT2D eigenvalue weighted by molar-refractivity contribution is 7.89. The molecule has 1 heterocycles. The zero-order valence-corrected chi connectivity index (χ0v) is 21.3. The number of rotatable bonds is 11. The molecule has 2 aromatic carbocycles. The number of amides is 1. The molecule has 0 saturated carbocycles. The van der Waals surface area contributed by atoms with Crippen LogP contribution in [-0.4, -0.2) is 43.3 Å². The minimum atomic E-state index is -3.66. The van der Waals surface area contributed by atoms with Crippen molar-refractivity contribution in [1.82, 2.24) is 9.29 Å². The normalized spacial score (nSPS) is 11.3. The number of benzene rings is 2. The summed E-state index contributed by atoms with van der Waals surface area (Å²) in [7, 11) is -3.66. The lowest BCUT2D eigenvalue weighted by Gasteiger charge is -2.20. The van der Waals surface area contributed by atoms with Gasteiger partial charge in [0.25, 0.3) is 5.91 Å². The van der Waals surface area contributed by atoms with Gasteiger partial charge in [0.1, 0.15) is 6.61 Å². The molecule has 3 aromatic rings. The minimum absolute atomic E-state index is 0.174. The summed E-state index contributed by atoms with van der Waals surface area (Å²) in [4.78, 5) is 17.2. The summed E-state index contributed by atoms with van der Waals surface area (Å²) in [6, 6.07) is 13.5. The van der Waals surface area contributed by atoms with Crippen molar-refractivity contribution >= 4 is 21.6 Å². The molecule has 0 radical (unpaired) electrons. The van der Waals surface area contributed by atoms with Gasteiger partial charge in [-0.2, -0.15) is 4.31 Å². The summed E-state index contributed by atoms with van der Waals surface area (Å²) in [6.45, 7) is 8.62. The molecule has 0 atom stereocenters. The highest BCUT2D eigenvalue weighted by Gasteiger charge is 2.24. The third-order valence-corrected chi connectivity index (χ3v) is 7.58. The molecule has 1 aromatic heterocycles. The van der Waals surface area contributed by atoms with E-state index in [1.165, 1.54) is 10.4 Å². The number of nitrogens with one attached hydrogen (secondary N) is 1. The van der Waals surface area contributed by atoms with E-state index in [9.17, 15) is 13.2 Å². The number of sulfonamides is 1. The SMILES string of the molecule is CCOc1cc(C(=O)Nc2ccc(C)c(S(=O)(=O)N(CC)CC)c2)ccc1OCc1cccnc1. The molecule has 0 spiro atoms. The number of nitrogens with zero attached hydrogens (tertiary/aromatic N) is 2. The third-order valence-electron chi connectivity index (χ3n) is 5.39. The van der Waals surface area contributed by atoms with E-state index in [-0.39, 0.29) is 10.8 Å². The minimum Gasteiger partial charge on any atom is -0.490 e. The number of carbonyl (C=O) groups excluding carboxylic acids is 1. The zero-order chi connectivity index (χ0) is 25.4.